The minimum atomic E-state index is -3.89. The lowest BCUT2D eigenvalue weighted by atomic mass is 10.1. The Morgan fingerprint density at radius 1 is 1.41 bits per heavy atom. The number of nitrogen functional groups attached to an aromatic ring is 1. The summed E-state index contributed by atoms with van der Waals surface area (Å²) in [6.45, 7) is -1.58. The van der Waals surface area contributed by atoms with Crippen molar-refractivity contribution in [3.05, 3.63) is 22.7 Å². The van der Waals surface area contributed by atoms with Crippen LogP contribution in [-0.2, 0) is 28.6 Å². The number of aliphatic hydroxyl groups is 1. The number of ether oxygens (including phenoxy) is 3. The van der Waals surface area contributed by atoms with Crippen molar-refractivity contribution in [2.75, 3.05) is 25.5 Å². The largest absolute Gasteiger partial charge is 0.460 e. The minimum Gasteiger partial charge on any atom is -0.460 e. The summed E-state index contributed by atoms with van der Waals surface area (Å²) in [4.78, 5) is 47.9. The van der Waals surface area contributed by atoms with Crippen LogP contribution in [0.4, 0.5) is 14.6 Å². The number of hydrogen-bond acceptors (Lipinski definition) is 10. The number of anilines is 1. The van der Waals surface area contributed by atoms with Crippen molar-refractivity contribution in [2.45, 2.75) is 30.8 Å². The molecule has 0 radical (unpaired) electrons. The van der Waals surface area contributed by atoms with E-state index in [1.807, 2.05) is 0 Å². The van der Waals surface area contributed by atoms with Gasteiger partial charge in [-0.1, -0.05) is 0 Å². The monoisotopic (exact) mass is 420 g/mol. The number of aromatic nitrogens is 2. The maximum absolute atomic E-state index is 14.3. The Kier molecular flexibility index (Phi) is 7.17. The van der Waals surface area contributed by atoms with Crippen LogP contribution in [0, 0.1) is 0 Å². The van der Waals surface area contributed by atoms with Gasteiger partial charge in [0.1, 0.15) is 18.5 Å². The number of carbonyl (C=O) groups excluding carboxylic acids is 3. The fraction of sp³-hybridized carbons (Fsp3) is 0.533. The van der Waals surface area contributed by atoms with Crippen LogP contribution in [0.25, 0.3) is 0 Å². The van der Waals surface area contributed by atoms with E-state index in [1.54, 1.807) is 0 Å². The highest BCUT2D eigenvalue weighted by atomic mass is 19.3. The first kappa shape index (κ1) is 22.2. The van der Waals surface area contributed by atoms with E-state index in [-0.39, 0.29) is 18.8 Å². The Labute approximate surface area is 161 Å². The first-order chi connectivity index (χ1) is 13.7. The van der Waals surface area contributed by atoms with Gasteiger partial charge in [0.25, 0.3) is 0 Å². The van der Waals surface area contributed by atoms with Crippen LogP contribution in [0.1, 0.15) is 12.6 Å². The number of esters is 2. The number of carbonyl (C=O) groups is 3. The summed E-state index contributed by atoms with van der Waals surface area (Å²) in [7, 11) is 0. The number of nitrogens with one attached hydrogen (secondary N) is 1. The SMILES string of the molecule is Nc1ccn([C@H]2O[C@@H](COC(=O)COC(=O)CCNC=O)[C@H](O)C2(F)F)c(=O)n1. The third-order valence-electron chi connectivity index (χ3n) is 3.80. The van der Waals surface area contributed by atoms with Crippen molar-refractivity contribution < 1.29 is 42.5 Å². The van der Waals surface area contributed by atoms with Crippen molar-refractivity contribution >= 4 is 24.2 Å². The van der Waals surface area contributed by atoms with E-state index in [9.17, 15) is 33.1 Å². The first-order valence-corrected chi connectivity index (χ1v) is 8.21. The van der Waals surface area contributed by atoms with Gasteiger partial charge in [-0.3, -0.25) is 14.2 Å². The standard InChI is InChI=1S/C15H18F2N4O8/c16-15(17)12(25)8(29-13(15)21-4-2-9(18)20-14(21)26)5-27-11(24)6-28-10(23)1-3-19-7-22/h2,4,7-8,12-13,25H,1,3,5-6H2,(H,19,22)(H2,18,20,26)/t8-,12-,13-/m0/s1. The lowest BCUT2D eigenvalue weighted by Gasteiger charge is -2.20. The number of amides is 1. The Hall–Kier alpha value is -3.13. The van der Waals surface area contributed by atoms with Crippen LogP contribution in [0.5, 0.6) is 0 Å². The predicted molar refractivity (Wildman–Crippen MR) is 88.4 cm³/mol. The quantitative estimate of drug-likeness (QED) is 0.229. The van der Waals surface area contributed by atoms with Crippen molar-refractivity contribution in [3.63, 3.8) is 0 Å². The molecule has 1 aliphatic rings. The summed E-state index contributed by atoms with van der Waals surface area (Å²) in [5.74, 6) is -5.95. The van der Waals surface area contributed by atoms with Gasteiger partial charge in [0.05, 0.1) is 6.42 Å². The second-order valence-electron chi connectivity index (χ2n) is 5.85. The van der Waals surface area contributed by atoms with Crippen molar-refractivity contribution in [1.29, 1.82) is 0 Å². The molecule has 0 saturated carbocycles. The average Bonchev–Trinajstić information content (AvgIpc) is 2.88. The zero-order valence-electron chi connectivity index (χ0n) is 14.8. The lowest BCUT2D eigenvalue weighted by Crippen LogP contribution is -2.42. The maximum atomic E-state index is 14.3. The number of nitrogens with zero attached hydrogens (tertiary/aromatic N) is 2. The molecule has 1 saturated heterocycles. The summed E-state index contributed by atoms with van der Waals surface area (Å²) in [6, 6.07) is 1.10. The molecular weight excluding hydrogens is 402 g/mol. The van der Waals surface area contributed by atoms with Gasteiger partial charge in [0.15, 0.2) is 12.7 Å². The number of nitrogens with two attached hydrogens (primary N) is 1. The number of hydrogen-bond donors (Lipinski definition) is 3. The van der Waals surface area contributed by atoms with Gasteiger partial charge in [-0.25, -0.2) is 9.59 Å². The van der Waals surface area contributed by atoms with E-state index in [4.69, 9.17) is 10.5 Å². The van der Waals surface area contributed by atoms with Crippen molar-refractivity contribution in [1.82, 2.24) is 14.9 Å². The normalized spacial score (nSPS) is 22.7. The van der Waals surface area contributed by atoms with E-state index >= 15 is 0 Å². The van der Waals surface area contributed by atoms with Gasteiger partial charge in [0, 0.05) is 12.7 Å². The Morgan fingerprint density at radius 2 is 2.14 bits per heavy atom. The number of halogens is 2. The molecule has 1 aromatic heterocycles. The van der Waals surface area contributed by atoms with Gasteiger partial charge in [-0.2, -0.15) is 13.8 Å². The molecular formula is C15H18F2N4O8. The van der Waals surface area contributed by atoms with E-state index in [1.165, 1.54) is 0 Å². The van der Waals surface area contributed by atoms with Crippen molar-refractivity contribution in [2.24, 2.45) is 0 Å². The molecule has 4 N–H and O–H groups in total. The molecule has 14 heteroatoms. The maximum Gasteiger partial charge on any atom is 0.351 e. The van der Waals surface area contributed by atoms with Gasteiger partial charge in [-0.15, -0.1) is 0 Å². The average molecular weight is 420 g/mol. The summed E-state index contributed by atoms with van der Waals surface area (Å²) in [5.41, 5.74) is 4.18. The zero-order valence-corrected chi connectivity index (χ0v) is 14.8. The smallest absolute Gasteiger partial charge is 0.351 e. The molecule has 0 unspecified atom stereocenters. The highest BCUT2D eigenvalue weighted by Gasteiger charge is 2.60. The second-order valence-corrected chi connectivity index (χ2v) is 5.85. The molecule has 2 heterocycles. The van der Waals surface area contributed by atoms with Gasteiger partial charge in [-0.05, 0) is 6.07 Å². The molecule has 1 amide bonds. The molecule has 1 fully saturated rings. The molecule has 12 nitrogen and oxygen atoms in total. The highest BCUT2D eigenvalue weighted by molar-refractivity contribution is 5.76. The molecule has 1 aromatic rings. The molecule has 0 aromatic carbocycles. The zero-order chi connectivity index (χ0) is 21.6. The molecule has 29 heavy (non-hydrogen) atoms. The first-order valence-electron chi connectivity index (χ1n) is 8.21. The molecule has 0 spiro atoms. The molecule has 0 bridgehead atoms. The van der Waals surface area contributed by atoms with Gasteiger partial charge in [0.2, 0.25) is 12.6 Å². The van der Waals surface area contributed by atoms with E-state index in [0.717, 1.165) is 12.3 Å². The predicted octanol–water partition coefficient (Wildman–Crippen LogP) is -2.06. The van der Waals surface area contributed by atoms with E-state index in [2.05, 4.69) is 19.8 Å². The summed E-state index contributed by atoms with van der Waals surface area (Å²) >= 11 is 0. The van der Waals surface area contributed by atoms with Crippen LogP contribution < -0.4 is 16.7 Å². The summed E-state index contributed by atoms with van der Waals surface area (Å²) < 4.78 is 43.3. The van der Waals surface area contributed by atoms with Crippen LogP contribution in [0.15, 0.2) is 17.1 Å². The molecule has 0 aliphatic carbocycles. The number of rotatable bonds is 9. The lowest BCUT2D eigenvalue weighted by molar-refractivity contribution is -0.162. The Morgan fingerprint density at radius 3 is 2.79 bits per heavy atom. The number of alkyl halides is 2. The minimum absolute atomic E-state index is 0.00925. The third-order valence-corrected chi connectivity index (χ3v) is 3.80. The molecule has 2 rings (SSSR count). The summed E-state index contributed by atoms with van der Waals surface area (Å²) in [6.07, 6.45) is -5.10. The third kappa shape index (κ3) is 5.45. The van der Waals surface area contributed by atoms with E-state index < -0.39 is 55.2 Å². The van der Waals surface area contributed by atoms with Gasteiger partial charge >= 0.3 is 23.6 Å². The fourth-order valence-electron chi connectivity index (χ4n) is 2.37. The van der Waals surface area contributed by atoms with Crippen LogP contribution in [0.3, 0.4) is 0 Å². The molecule has 1 aliphatic heterocycles. The Balaban J connectivity index is 1.90. The van der Waals surface area contributed by atoms with Crippen LogP contribution >= 0.6 is 0 Å². The Bertz CT molecular complexity index is 818. The topological polar surface area (TPSA) is 172 Å². The fourth-order valence-corrected chi connectivity index (χ4v) is 2.37. The van der Waals surface area contributed by atoms with E-state index in [0.29, 0.717) is 11.0 Å². The second kappa shape index (κ2) is 9.38. The summed E-state index contributed by atoms with van der Waals surface area (Å²) in [5, 5.41) is 12.0. The highest BCUT2D eigenvalue weighted by Crippen LogP contribution is 2.42. The van der Waals surface area contributed by atoms with Crippen LogP contribution in [0.2, 0.25) is 0 Å². The molecule has 160 valence electrons. The van der Waals surface area contributed by atoms with Gasteiger partial charge < -0.3 is 30.4 Å². The van der Waals surface area contributed by atoms with Crippen molar-refractivity contribution in [3.8, 4) is 0 Å². The van der Waals surface area contributed by atoms with Crippen LogP contribution in [-0.4, -0.2) is 70.9 Å². The number of aliphatic hydroxyl groups excluding tert-OH is 1. The molecule has 3 atom stereocenters.